The van der Waals surface area contributed by atoms with Gasteiger partial charge in [-0.25, -0.2) is 9.97 Å². The third kappa shape index (κ3) is 4.10. The standard InChI is InChI=1S/C20H27N5/c1-2-5-17(6-3-1)23-19-15-16(9-10-22-19)18-7-4-8-20(24-18)25-13-11-21-12-14-25/h4,7-10,15,17,21H,1-3,5-6,11-14H2,(H,22,23). The van der Waals surface area contributed by atoms with E-state index in [4.69, 9.17) is 4.98 Å². The molecule has 4 rings (SSSR count). The van der Waals surface area contributed by atoms with Crippen LogP contribution in [0, 0.1) is 0 Å². The van der Waals surface area contributed by atoms with Crippen LogP contribution in [0.3, 0.4) is 0 Å². The maximum absolute atomic E-state index is 4.90. The van der Waals surface area contributed by atoms with Crippen molar-refractivity contribution in [3.8, 4) is 11.3 Å². The van der Waals surface area contributed by atoms with Crippen molar-refractivity contribution in [2.75, 3.05) is 36.4 Å². The van der Waals surface area contributed by atoms with E-state index in [1.54, 1.807) is 0 Å². The molecule has 0 aromatic carbocycles. The summed E-state index contributed by atoms with van der Waals surface area (Å²) < 4.78 is 0. The molecule has 2 fully saturated rings. The molecule has 25 heavy (non-hydrogen) atoms. The lowest BCUT2D eigenvalue weighted by atomic mass is 9.95. The Bertz CT molecular complexity index is 690. The number of hydrogen-bond donors (Lipinski definition) is 2. The summed E-state index contributed by atoms with van der Waals surface area (Å²) in [6, 6.07) is 11.1. The van der Waals surface area contributed by atoms with Gasteiger partial charge in [-0.15, -0.1) is 0 Å². The molecule has 0 spiro atoms. The van der Waals surface area contributed by atoms with Crippen LogP contribution in [-0.4, -0.2) is 42.2 Å². The first-order valence-corrected chi connectivity index (χ1v) is 9.54. The number of rotatable bonds is 4. The summed E-state index contributed by atoms with van der Waals surface area (Å²) >= 11 is 0. The van der Waals surface area contributed by atoms with Crippen LogP contribution in [0.2, 0.25) is 0 Å². The smallest absolute Gasteiger partial charge is 0.129 e. The van der Waals surface area contributed by atoms with Gasteiger partial charge < -0.3 is 15.5 Å². The minimum absolute atomic E-state index is 0.566. The number of hydrogen-bond acceptors (Lipinski definition) is 5. The van der Waals surface area contributed by atoms with Gasteiger partial charge in [0.15, 0.2) is 0 Å². The molecule has 0 radical (unpaired) electrons. The molecule has 1 aliphatic heterocycles. The minimum Gasteiger partial charge on any atom is -0.367 e. The van der Waals surface area contributed by atoms with E-state index in [2.05, 4.69) is 50.8 Å². The van der Waals surface area contributed by atoms with Gasteiger partial charge in [-0.2, -0.15) is 0 Å². The highest BCUT2D eigenvalue weighted by Crippen LogP contribution is 2.25. The molecular formula is C20H27N5. The van der Waals surface area contributed by atoms with Crippen molar-refractivity contribution in [1.29, 1.82) is 0 Å². The fraction of sp³-hybridized carbons (Fsp3) is 0.500. The summed E-state index contributed by atoms with van der Waals surface area (Å²) in [5.41, 5.74) is 2.15. The molecule has 2 N–H and O–H groups in total. The first kappa shape index (κ1) is 16.3. The maximum Gasteiger partial charge on any atom is 0.129 e. The molecule has 1 saturated heterocycles. The molecule has 1 saturated carbocycles. The predicted molar refractivity (Wildman–Crippen MR) is 103 cm³/mol. The second kappa shape index (κ2) is 7.83. The SMILES string of the molecule is c1cc(-c2ccnc(NC3CCCCC3)c2)nc(N2CCNCC2)c1. The van der Waals surface area contributed by atoms with Gasteiger partial charge in [0, 0.05) is 44.0 Å². The lowest BCUT2D eigenvalue weighted by Gasteiger charge is -2.28. The maximum atomic E-state index is 4.90. The highest BCUT2D eigenvalue weighted by Gasteiger charge is 2.15. The largest absolute Gasteiger partial charge is 0.367 e. The van der Waals surface area contributed by atoms with E-state index < -0.39 is 0 Å². The van der Waals surface area contributed by atoms with Crippen molar-refractivity contribution >= 4 is 11.6 Å². The van der Waals surface area contributed by atoms with Crippen molar-refractivity contribution in [2.24, 2.45) is 0 Å². The van der Waals surface area contributed by atoms with Crippen LogP contribution in [0.5, 0.6) is 0 Å². The van der Waals surface area contributed by atoms with E-state index in [1.807, 2.05) is 6.20 Å². The Morgan fingerprint density at radius 2 is 1.88 bits per heavy atom. The van der Waals surface area contributed by atoms with E-state index in [-0.39, 0.29) is 0 Å². The highest BCUT2D eigenvalue weighted by atomic mass is 15.2. The van der Waals surface area contributed by atoms with E-state index in [9.17, 15) is 0 Å². The monoisotopic (exact) mass is 337 g/mol. The van der Waals surface area contributed by atoms with Gasteiger partial charge >= 0.3 is 0 Å². The second-order valence-electron chi connectivity index (χ2n) is 7.03. The van der Waals surface area contributed by atoms with Crippen LogP contribution in [0.1, 0.15) is 32.1 Å². The predicted octanol–water partition coefficient (Wildman–Crippen LogP) is 3.30. The van der Waals surface area contributed by atoms with Gasteiger partial charge in [0.2, 0.25) is 0 Å². The fourth-order valence-electron chi connectivity index (χ4n) is 3.78. The summed E-state index contributed by atoms with van der Waals surface area (Å²) in [5, 5.41) is 7.00. The van der Waals surface area contributed by atoms with Gasteiger partial charge in [-0.1, -0.05) is 25.3 Å². The molecule has 5 heteroatoms. The molecule has 1 aliphatic carbocycles. The molecule has 2 aliphatic rings. The molecule has 132 valence electrons. The Kier molecular flexibility index (Phi) is 5.11. The van der Waals surface area contributed by atoms with Crippen molar-refractivity contribution in [2.45, 2.75) is 38.1 Å². The molecule has 2 aromatic heterocycles. The van der Waals surface area contributed by atoms with Crippen LogP contribution in [0.15, 0.2) is 36.5 Å². The first-order chi connectivity index (χ1) is 12.4. The second-order valence-corrected chi connectivity index (χ2v) is 7.03. The number of pyridine rings is 2. The number of anilines is 2. The van der Waals surface area contributed by atoms with Crippen LogP contribution >= 0.6 is 0 Å². The van der Waals surface area contributed by atoms with E-state index in [0.29, 0.717) is 6.04 Å². The van der Waals surface area contributed by atoms with Crippen molar-refractivity contribution in [1.82, 2.24) is 15.3 Å². The highest BCUT2D eigenvalue weighted by molar-refractivity contribution is 5.64. The number of piperazine rings is 1. The average Bonchev–Trinajstić information content (AvgIpc) is 2.70. The van der Waals surface area contributed by atoms with Gasteiger partial charge in [0.1, 0.15) is 11.6 Å². The molecular weight excluding hydrogens is 310 g/mol. The summed E-state index contributed by atoms with van der Waals surface area (Å²) in [4.78, 5) is 11.8. The van der Waals surface area contributed by atoms with Gasteiger partial charge in [-0.05, 0) is 37.1 Å². The van der Waals surface area contributed by atoms with Crippen LogP contribution in [-0.2, 0) is 0 Å². The summed E-state index contributed by atoms with van der Waals surface area (Å²) in [5.74, 6) is 2.04. The number of aromatic nitrogens is 2. The molecule has 5 nitrogen and oxygen atoms in total. The van der Waals surface area contributed by atoms with E-state index >= 15 is 0 Å². The third-order valence-corrected chi connectivity index (χ3v) is 5.19. The molecule has 0 atom stereocenters. The molecule has 2 aromatic rings. The molecule has 0 bridgehead atoms. The van der Waals surface area contributed by atoms with E-state index in [0.717, 1.165) is 49.1 Å². The molecule has 0 unspecified atom stereocenters. The molecule has 0 amide bonds. The summed E-state index contributed by atoms with van der Waals surface area (Å²) in [6.07, 6.45) is 8.41. The van der Waals surface area contributed by atoms with Gasteiger partial charge in [0.25, 0.3) is 0 Å². The average molecular weight is 337 g/mol. The van der Waals surface area contributed by atoms with Crippen molar-refractivity contribution in [3.05, 3.63) is 36.5 Å². The summed E-state index contributed by atoms with van der Waals surface area (Å²) in [7, 11) is 0. The van der Waals surface area contributed by atoms with Crippen LogP contribution in [0.25, 0.3) is 11.3 Å². The Hall–Kier alpha value is -2.14. The van der Waals surface area contributed by atoms with Gasteiger partial charge in [0.05, 0.1) is 5.69 Å². The summed E-state index contributed by atoms with van der Waals surface area (Å²) in [6.45, 7) is 4.08. The normalized spacial score (nSPS) is 19.0. The third-order valence-electron chi connectivity index (χ3n) is 5.19. The van der Waals surface area contributed by atoms with E-state index in [1.165, 1.54) is 32.1 Å². The van der Waals surface area contributed by atoms with Crippen molar-refractivity contribution in [3.63, 3.8) is 0 Å². The lowest BCUT2D eigenvalue weighted by molar-refractivity contribution is 0.462. The number of nitrogens with zero attached hydrogens (tertiary/aromatic N) is 3. The fourth-order valence-corrected chi connectivity index (χ4v) is 3.78. The zero-order chi connectivity index (χ0) is 16.9. The van der Waals surface area contributed by atoms with Gasteiger partial charge in [-0.3, -0.25) is 0 Å². The number of nitrogens with one attached hydrogen (secondary N) is 2. The Morgan fingerprint density at radius 1 is 1.04 bits per heavy atom. The minimum atomic E-state index is 0.566. The van der Waals surface area contributed by atoms with Crippen molar-refractivity contribution < 1.29 is 0 Å². The lowest BCUT2D eigenvalue weighted by Crippen LogP contribution is -2.43. The zero-order valence-corrected chi connectivity index (χ0v) is 14.7. The Balaban J connectivity index is 1.52. The zero-order valence-electron chi connectivity index (χ0n) is 14.7. The Labute approximate surface area is 149 Å². The first-order valence-electron chi connectivity index (χ1n) is 9.54. The molecule has 3 heterocycles. The topological polar surface area (TPSA) is 53.1 Å². The quantitative estimate of drug-likeness (QED) is 0.896. The Morgan fingerprint density at radius 3 is 2.72 bits per heavy atom. The van der Waals surface area contributed by atoms with Crippen LogP contribution < -0.4 is 15.5 Å². The van der Waals surface area contributed by atoms with Crippen LogP contribution in [0.4, 0.5) is 11.6 Å².